The van der Waals surface area contributed by atoms with Crippen LogP contribution in [0.15, 0.2) is 18.2 Å². The van der Waals surface area contributed by atoms with Crippen molar-refractivity contribution < 1.29 is 13.2 Å². The minimum Gasteiger partial charge on any atom is -0.321 e. The minimum absolute atomic E-state index is 0.120. The van der Waals surface area contributed by atoms with Crippen molar-refractivity contribution in [3.05, 3.63) is 34.3 Å². The Bertz CT molecular complexity index is 436. The van der Waals surface area contributed by atoms with E-state index in [4.69, 9.17) is 17.3 Å². The summed E-state index contributed by atoms with van der Waals surface area (Å²) in [7, 11) is 0. The van der Waals surface area contributed by atoms with Crippen molar-refractivity contribution in [3.63, 3.8) is 0 Å². The molecule has 0 saturated heterocycles. The van der Waals surface area contributed by atoms with Crippen LogP contribution in [0.5, 0.6) is 0 Å². The fraction of sp³-hybridized carbons (Fsp3) is 0.538. The third kappa shape index (κ3) is 2.64. The summed E-state index contributed by atoms with van der Waals surface area (Å²) in [5.74, 6) is 0. The quantitative estimate of drug-likeness (QED) is 0.805. The van der Waals surface area contributed by atoms with Gasteiger partial charge in [0, 0.05) is 10.6 Å². The number of hydrogen-bond acceptors (Lipinski definition) is 1. The summed E-state index contributed by atoms with van der Waals surface area (Å²) in [5.41, 5.74) is 5.61. The second-order valence-corrected chi connectivity index (χ2v) is 5.32. The molecule has 0 heterocycles. The van der Waals surface area contributed by atoms with E-state index < -0.39 is 17.3 Å². The van der Waals surface area contributed by atoms with Gasteiger partial charge in [0.2, 0.25) is 0 Å². The summed E-state index contributed by atoms with van der Waals surface area (Å²) in [4.78, 5) is 0. The molecule has 0 unspecified atom stereocenters. The van der Waals surface area contributed by atoms with Crippen LogP contribution in [-0.2, 0) is 11.7 Å². The van der Waals surface area contributed by atoms with Crippen LogP contribution in [0.3, 0.4) is 0 Å². The van der Waals surface area contributed by atoms with E-state index >= 15 is 0 Å². The van der Waals surface area contributed by atoms with E-state index in [1.807, 2.05) is 0 Å². The molecule has 0 spiro atoms. The van der Waals surface area contributed by atoms with E-state index in [1.165, 1.54) is 6.07 Å². The molecule has 0 radical (unpaired) electrons. The van der Waals surface area contributed by atoms with Gasteiger partial charge in [-0.05, 0) is 30.5 Å². The Morgan fingerprint density at radius 2 is 1.72 bits per heavy atom. The molecule has 1 aromatic rings. The summed E-state index contributed by atoms with van der Waals surface area (Å²) in [6.07, 6.45) is 0.297. The minimum atomic E-state index is -4.36. The molecule has 0 amide bonds. The number of rotatable bonds is 1. The van der Waals surface area contributed by atoms with Gasteiger partial charge in [0.05, 0.1) is 5.56 Å². The largest absolute Gasteiger partial charge is 0.416 e. The van der Waals surface area contributed by atoms with E-state index in [1.54, 1.807) is 0 Å². The first kappa shape index (κ1) is 13.7. The molecular formula is C13H15ClF3N. The first-order valence-electron chi connectivity index (χ1n) is 5.99. The molecule has 0 atom stereocenters. The zero-order valence-electron chi connectivity index (χ0n) is 9.86. The Kier molecular flexibility index (Phi) is 3.60. The Labute approximate surface area is 109 Å². The molecule has 0 aromatic heterocycles. The van der Waals surface area contributed by atoms with Crippen molar-refractivity contribution in [2.75, 3.05) is 0 Å². The van der Waals surface area contributed by atoms with Gasteiger partial charge >= 0.3 is 6.18 Å². The van der Waals surface area contributed by atoms with Crippen molar-refractivity contribution in [3.8, 4) is 0 Å². The summed E-state index contributed by atoms with van der Waals surface area (Å²) in [6.45, 7) is 0. The molecular weight excluding hydrogens is 263 g/mol. The molecule has 2 N–H and O–H groups in total. The number of alkyl halides is 3. The highest BCUT2D eigenvalue weighted by Crippen LogP contribution is 2.40. The average molecular weight is 278 g/mol. The van der Waals surface area contributed by atoms with Crippen LogP contribution in [0.4, 0.5) is 13.2 Å². The molecule has 1 saturated carbocycles. The zero-order valence-corrected chi connectivity index (χ0v) is 10.6. The monoisotopic (exact) mass is 277 g/mol. The van der Waals surface area contributed by atoms with E-state index in [-0.39, 0.29) is 5.02 Å². The maximum atomic E-state index is 12.5. The first-order valence-corrected chi connectivity index (χ1v) is 6.37. The van der Waals surface area contributed by atoms with E-state index in [9.17, 15) is 13.2 Å². The third-order valence-corrected chi connectivity index (χ3v) is 3.89. The lowest BCUT2D eigenvalue weighted by Gasteiger charge is -2.34. The Hall–Kier alpha value is -0.740. The Morgan fingerprint density at radius 1 is 1.11 bits per heavy atom. The predicted molar refractivity (Wildman–Crippen MR) is 65.4 cm³/mol. The molecule has 1 aromatic carbocycles. The van der Waals surface area contributed by atoms with Crippen LogP contribution in [0, 0.1) is 0 Å². The topological polar surface area (TPSA) is 26.0 Å². The predicted octanol–water partition coefficient (Wildman–Crippen LogP) is 4.48. The summed E-state index contributed by atoms with van der Waals surface area (Å²) in [6, 6.07) is 3.46. The third-order valence-electron chi connectivity index (χ3n) is 3.58. The van der Waals surface area contributed by atoms with Gasteiger partial charge in [-0.15, -0.1) is 0 Å². The fourth-order valence-corrected chi connectivity index (χ4v) is 2.92. The Balaban J connectivity index is 2.35. The number of benzene rings is 1. The van der Waals surface area contributed by atoms with Crippen molar-refractivity contribution >= 4 is 11.6 Å². The van der Waals surface area contributed by atoms with Crippen molar-refractivity contribution in [2.24, 2.45) is 5.73 Å². The van der Waals surface area contributed by atoms with Crippen molar-refractivity contribution in [1.82, 2.24) is 0 Å². The SMILES string of the molecule is NC1(c2ccc(C(F)(F)F)cc2Cl)CCCCC1. The summed E-state index contributed by atoms with van der Waals surface area (Å²) < 4.78 is 37.6. The molecule has 1 fully saturated rings. The van der Waals surface area contributed by atoms with Crippen molar-refractivity contribution in [2.45, 2.75) is 43.8 Å². The van der Waals surface area contributed by atoms with Gasteiger partial charge in [-0.1, -0.05) is 36.9 Å². The van der Waals surface area contributed by atoms with Gasteiger partial charge in [0.15, 0.2) is 0 Å². The highest BCUT2D eigenvalue weighted by Gasteiger charge is 2.35. The van der Waals surface area contributed by atoms with Crippen LogP contribution in [-0.4, -0.2) is 0 Å². The van der Waals surface area contributed by atoms with Gasteiger partial charge in [0.25, 0.3) is 0 Å². The smallest absolute Gasteiger partial charge is 0.321 e. The summed E-state index contributed by atoms with van der Waals surface area (Å²) in [5, 5.41) is 0.120. The summed E-state index contributed by atoms with van der Waals surface area (Å²) >= 11 is 5.98. The highest BCUT2D eigenvalue weighted by atomic mass is 35.5. The Morgan fingerprint density at radius 3 is 2.22 bits per heavy atom. The normalized spacial score (nSPS) is 19.8. The molecule has 0 bridgehead atoms. The number of hydrogen-bond donors (Lipinski definition) is 1. The lowest BCUT2D eigenvalue weighted by atomic mass is 9.77. The van der Waals surface area contributed by atoms with Crippen LogP contribution in [0.25, 0.3) is 0 Å². The lowest BCUT2D eigenvalue weighted by Crippen LogP contribution is -2.38. The van der Waals surface area contributed by atoms with Gasteiger partial charge in [-0.2, -0.15) is 13.2 Å². The molecule has 100 valence electrons. The van der Waals surface area contributed by atoms with E-state index in [0.717, 1.165) is 44.2 Å². The molecule has 0 aliphatic heterocycles. The van der Waals surface area contributed by atoms with Crippen LogP contribution in [0.1, 0.15) is 43.2 Å². The second kappa shape index (κ2) is 4.74. The number of nitrogens with two attached hydrogens (primary N) is 1. The molecule has 1 aliphatic carbocycles. The maximum absolute atomic E-state index is 12.5. The molecule has 5 heteroatoms. The molecule has 18 heavy (non-hydrogen) atoms. The standard InChI is InChI=1S/C13H15ClF3N/c14-11-8-9(13(15,16)17)4-5-10(11)12(18)6-2-1-3-7-12/h4-5,8H,1-3,6-7,18H2. The van der Waals surface area contributed by atoms with Gasteiger partial charge in [-0.3, -0.25) is 0 Å². The van der Waals surface area contributed by atoms with Gasteiger partial charge < -0.3 is 5.73 Å². The molecule has 1 aliphatic rings. The molecule has 1 nitrogen and oxygen atoms in total. The van der Waals surface area contributed by atoms with Crippen LogP contribution in [0.2, 0.25) is 5.02 Å². The maximum Gasteiger partial charge on any atom is 0.416 e. The van der Waals surface area contributed by atoms with Crippen molar-refractivity contribution in [1.29, 1.82) is 0 Å². The zero-order chi connectivity index (χ0) is 13.4. The molecule has 2 rings (SSSR count). The fourth-order valence-electron chi connectivity index (χ4n) is 2.55. The van der Waals surface area contributed by atoms with Crippen LogP contribution < -0.4 is 5.73 Å². The lowest BCUT2D eigenvalue weighted by molar-refractivity contribution is -0.137. The number of halogens is 4. The highest BCUT2D eigenvalue weighted by molar-refractivity contribution is 6.31. The van der Waals surface area contributed by atoms with Gasteiger partial charge in [-0.25, -0.2) is 0 Å². The van der Waals surface area contributed by atoms with Crippen LogP contribution >= 0.6 is 11.6 Å². The average Bonchev–Trinajstić information content (AvgIpc) is 2.28. The second-order valence-electron chi connectivity index (χ2n) is 4.91. The van der Waals surface area contributed by atoms with E-state index in [0.29, 0.717) is 5.56 Å². The van der Waals surface area contributed by atoms with Gasteiger partial charge in [0.1, 0.15) is 0 Å². The van der Waals surface area contributed by atoms with E-state index in [2.05, 4.69) is 0 Å². The first-order chi connectivity index (χ1) is 8.33.